The van der Waals surface area contributed by atoms with Crippen LogP contribution in [0.3, 0.4) is 0 Å². The molecule has 0 atom stereocenters. The Labute approximate surface area is 83.0 Å². The highest BCUT2D eigenvalue weighted by atomic mass is 28.4. The molecule has 5 nitrogen and oxygen atoms in total. The van der Waals surface area contributed by atoms with Crippen molar-refractivity contribution in [1.29, 1.82) is 0 Å². The van der Waals surface area contributed by atoms with E-state index in [9.17, 15) is 10.1 Å². The first-order valence-corrected chi connectivity index (χ1v) is 7.59. The van der Waals surface area contributed by atoms with Crippen molar-refractivity contribution in [3.05, 3.63) is 28.4 Å². The number of aromatic nitrogens is 1. The second-order valence-corrected chi connectivity index (χ2v) is 8.26. The van der Waals surface area contributed by atoms with Crippen molar-refractivity contribution >= 4 is 14.0 Å². The Kier molecular flexibility index (Phi) is 2.85. The average molecular weight is 212 g/mol. The lowest BCUT2D eigenvalue weighted by Gasteiger charge is -2.17. The van der Waals surface area contributed by atoms with Crippen molar-refractivity contribution in [2.45, 2.75) is 19.6 Å². The van der Waals surface area contributed by atoms with Crippen molar-refractivity contribution in [2.24, 2.45) is 0 Å². The first kappa shape index (κ1) is 10.6. The summed E-state index contributed by atoms with van der Waals surface area (Å²) in [5, 5.41) is 10.3. The van der Waals surface area contributed by atoms with E-state index >= 15 is 0 Å². The van der Waals surface area contributed by atoms with E-state index in [0.717, 1.165) is 0 Å². The van der Waals surface area contributed by atoms with Crippen LogP contribution < -0.4 is 4.43 Å². The summed E-state index contributed by atoms with van der Waals surface area (Å²) in [6, 6.07) is 2.92. The van der Waals surface area contributed by atoms with Gasteiger partial charge in [-0.2, -0.15) is 0 Å². The molecule has 0 saturated carbocycles. The zero-order chi connectivity index (χ0) is 10.8. The Bertz CT molecular complexity index is 331. The number of rotatable bonds is 3. The minimum atomic E-state index is -1.67. The molecule has 1 aromatic heterocycles. The van der Waals surface area contributed by atoms with Gasteiger partial charge in [0.25, 0.3) is 5.69 Å². The molecule has 1 rings (SSSR count). The highest BCUT2D eigenvalue weighted by molar-refractivity contribution is 6.70. The molecule has 0 aliphatic rings. The fraction of sp³-hybridized carbons (Fsp3) is 0.375. The monoisotopic (exact) mass is 212 g/mol. The zero-order valence-electron chi connectivity index (χ0n) is 8.35. The van der Waals surface area contributed by atoms with E-state index in [0.29, 0.717) is 5.88 Å². The molecule has 0 aliphatic carbocycles. The van der Waals surface area contributed by atoms with E-state index in [-0.39, 0.29) is 5.69 Å². The number of pyridine rings is 1. The summed E-state index contributed by atoms with van der Waals surface area (Å²) in [6.45, 7) is 6.07. The van der Waals surface area contributed by atoms with Crippen molar-refractivity contribution in [3.63, 3.8) is 0 Å². The Morgan fingerprint density at radius 3 is 2.43 bits per heavy atom. The third kappa shape index (κ3) is 3.13. The summed E-state index contributed by atoms with van der Waals surface area (Å²) in [5.41, 5.74) is -0.0204. The molecule has 0 amide bonds. The molecule has 0 aromatic carbocycles. The number of nitrogens with zero attached hydrogens (tertiary/aromatic N) is 2. The normalized spacial score (nSPS) is 11.1. The Morgan fingerprint density at radius 2 is 2.07 bits per heavy atom. The van der Waals surface area contributed by atoms with Crippen LogP contribution in [-0.4, -0.2) is 18.2 Å². The number of hydrogen-bond donors (Lipinski definition) is 0. The molecule has 0 unspecified atom stereocenters. The molecule has 0 N–H and O–H groups in total. The third-order valence-corrected chi connectivity index (χ3v) is 2.16. The zero-order valence-corrected chi connectivity index (χ0v) is 9.35. The van der Waals surface area contributed by atoms with Crippen LogP contribution >= 0.6 is 0 Å². The maximum atomic E-state index is 10.3. The Morgan fingerprint density at radius 1 is 1.43 bits per heavy atom. The molecular formula is C8H12N2O3Si. The fourth-order valence-electron chi connectivity index (χ4n) is 0.855. The van der Waals surface area contributed by atoms with E-state index in [2.05, 4.69) is 4.98 Å². The summed E-state index contributed by atoms with van der Waals surface area (Å²) in [7, 11) is -1.67. The summed E-state index contributed by atoms with van der Waals surface area (Å²) in [6.07, 6.45) is 1.20. The van der Waals surface area contributed by atoms with Gasteiger partial charge in [-0.05, 0) is 19.6 Å². The van der Waals surface area contributed by atoms with E-state index < -0.39 is 13.2 Å². The lowest BCUT2D eigenvalue weighted by molar-refractivity contribution is -0.385. The van der Waals surface area contributed by atoms with Crippen molar-refractivity contribution in [2.75, 3.05) is 0 Å². The first-order chi connectivity index (χ1) is 6.38. The van der Waals surface area contributed by atoms with Gasteiger partial charge in [0, 0.05) is 12.1 Å². The SMILES string of the molecule is C[Si](C)(C)Oc1ccc([N+](=O)[O-])cn1. The van der Waals surface area contributed by atoms with Gasteiger partial charge in [-0.15, -0.1) is 0 Å². The number of hydrogen-bond acceptors (Lipinski definition) is 4. The smallest absolute Gasteiger partial charge is 0.287 e. The second kappa shape index (κ2) is 3.75. The Hall–Kier alpha value is -1.43. The quantitative estimate of drug-likeness (QED) is 0.437. The maximum Gasteiger partial charge on any atom is 0.287 e. The standard InChI is InChI=1S/C8H12N2O3Si/c1-14(2,3)13-8-5-4-7(6-9-8)10(11)12/h4-6H,1-3H3. The highest BCUT2D eigenvalue weighted by Gasteiger charge is 2.17. The molecule has 1 heterocycles. The van der Waals surface area contributed by atoms with Gasteiger partial charge < -0.3 is 4.43 Å². The molecule has 6 heteroatoms. The molecule has 14 heavy (non-hydrogen) atoms. The minimum absolute atomic E-state index is 0.0204. The van der Waals surface area contributed by atoms with Gasteiger partial charge >= 0.3 is 0 Å². The van der Waals surface area contributed by atoms with Crippen molar-refractivity contribution in [3.8, 4) is 5.88 Å². The van der Waals surface area contributed by atoms with Crippen LogP contribution in [0.1, 0.15) is 0 Å². The van der Waals surface area contributed by atoms with Gasteiger partial charge in [0.1, 0.15) is 6.20 Å². The van der Waals surface area contributed by atoms with E-state index in [1.165, 1.54) is 18.3 Å². The van der Waals surface area contributed by atoms with Crippen LogP contribution in [0.5, 0.6) is 5.88 Å². The predicted molar refractivity (Wildman–Crippen MR) is 54.9 cm³/mol. The van der Waals surface area contributed by atoms with Gasteiger partial charge in [0.2, 0.25) is 8.32 Å². The van der Waals surface area contributed by atoms with Crippen LogP contribution in [-0.2, 0) is 0 Å². The van der Waals surface area contributed by atoms with Crippen LogP contribution in [0.4, 0.5) is 5.69 Å². The van der Waals surface area contributed by atoms with Gasteiger partial charge in [0.05, 0.1) is 4.92 Å². The molecule has 0 bridgehead atoms. The predicted octanol–water partition coefficient (Wildman–Crippen LogP) is 2.20. The maximum absolute atomic E-state index is 10.3. The van der Waals surface area contributed by atoms with Gasteiger partial charge in [-0.25, -0.2) is 4.98 Å². The molecule has 76 valence electrons. The first-order valence-electron chi connectivity index (χ1n) is 4.18. The molecule has 0 saturated heterocycles. The van der Waals surface area contributed by atoms with Crippen LogP contribution in [0.25, 0.3) is 0 Å². The summed E-state index contributed by atoms with van der Waals surface area (Å²) < 4.78 is 5.54. The summed E-state index contributed by atoms with van der Waals surface area (Å²) in [4.78, 5) is 13.7. The molecule has 1 aromatic rings. The summed E-state index contributed by atoms with van der Waals surface area (Å²) >= 11 is 0. The largest absolute Gasteiger partial charge is 0.531 e. The molecule has 0 fully saturated rings. The summed E-state index contributed by atoms with van der Waals surface area (Å²) in [5.74, 6) is 0.453. The third-order valence-electron chi connectivity index (χ3n) is 1.34. The van der Waals surface area contributed by atoms with Crippen LogP contribution in [0, 0.1) is 10.1 Å². The molecule has 0 aliphatic heterocycles. The van der Waals surface area contributed by atoms with Crippen molar-refractivity contribution in [1.82, 2.24) is 4.98 Å². The Balaban J connectivity index is 2.79. The topological polar surface area (TPSA) is 65.3 Å². The van der Waals surface area contributed by atoms with Crippen molar-refractivity contribution < 1.29 is 9.35 Å². The van der Waals surface area contributed by atoms with Crippen LogP contribution in [0.15, 0.2) is 18.3 Å². The van der Waals surface area contributed by atoms with Crippen LogP contribution in [0.2, 0.25) is 19.6 Å². The molecule has 0 radical (unpaired) electrons. The van der Waals surface area contributed by atoms with E-state index in [1.807, 2.05) is 19.6 Å². The minimum Gasteiger partial charge on any atom is -0.531 e. The molecular weight excluding hydrogens is 200 g/mol. The fourth-order valence-corrected chi connectivity index (χ4v) is 1.60. The van der Waals surface area contributed by atoms with E-state index in [1.54, 1.807) is 0 Å². The molecule has 0 spiro atoms. The van der Waals surface area contributed by atoms with Gasteiger partial charge in [-0.3, -0.25) is 10.1 Å². The average Bonchev–Trinajstić information content (AvgIpc) is 2.02. The van der Waals surface area contributed by atoms with E-state index in [4.69, 9.17) is 4.43 Å². The van der Waals surface area contributed by atoms with Gasteiger partial charge in [-0.1, -0.05) is 0 Å². The number of nitro groups is 1. The second-order valence-electron chi connectivity index (χ2n) is 3.83. The lowest BCUT2D eigenvalue weighted by Crippen LogP contribution is -2.29. The highest BCUT2D eigenvalue weighted by Crippen LogP contribution is 2.16. The van der Waals surface area contributed by atoms with Gasteiger partial charge in [0.15, 0.2) is 5.88 Å². The lowest BCUT2D eigenvalue weighted by atomic mass is 10.4.